The second kappa shape index (κ2) is 25.8. The van der Waals surface area contributed by atoms with Crippen LogP contribution in [-0.4, -0.2) is 57.1 Å². The van der Waals surface area contributed by atoms with Gasteiger partial charge in [-0.15, -0.1) is 18.2 Å². The molecule has 214 valence electrons. The van der Waals surface area contributed by atoms with Gasteiger partial charge in [0, 0.05) is 5.88 Å². The van der Waals surface area contributed by atoms with Crippen molar-refractivity contribution in [1.82, 2.24) is 0 Å². The minimum atomic E-state index is 0. The minimum absolute atomic E-state index is 0. The van der Waals surface area contributed by atoms with Crippen molar-refractivity contribution >= 4 is 34.7 Å². The van der Waals surface area contributed by atoms with E-state index in [-0.39, 0.29) is 40.0 Å². The summed E-state index contributed by atoms with van der Waals surface area (Å²) < 4.78 is 20.3. The third-order valence-corrected chi connectivity index (χ3v) is 5.73. The van der Waals surface area contributed by atoms with E-state index in [1.165, 1.54) is 17.2 Å². The molecule has 0 radical (unpaired) electrons. The molecule has 7 heteroatoms. The van der Waals surface area contributed by atoms with Crippen LogP contribution in [0.25, 0.3) is 0 Å². The van der Waals surface area contributed by atoms with Crippen molar-refractivity contribution in [3.63, 3.8) is 0 Å². The van der Waals surface area contributed by atoms with Crippen LogP contribution >= 0.6 is 11.6 Å². The number of aryl methyl sites for hydroxylation is 2. The van der Waals surface area contributed by atoms with E-state index in [0.29, 0.717) is 12.0 Å². The number of benzene rings is 3. The van der Waals surface area contributed by atoms with Gasteiger partial charge in [-0.3, -0.25) is 0 Å². The average Bonchev–Trinajstić information content (AvgIpc) is 3.81. The first-order chi connectivity index (χ1) is 18.5. The van der Waals surface area contributed by atoms with Crippen molar-refractivity contribution < 1.29 is 35.9 Å². The summed E-state index contributed by atoms with van der Waals surface area (Å²) in [7, 11) is 5.02. The molecule has 0 aliphatic carbocycles. The molecule has 1 fully saturated rings. The molecule has 3 aromatic carbocycles. The van der Waals surface area contributed by atoms with Gasteiger partial charge in [-0.1, -0.05) is 42.5 Å². The minimum Gasteiger partial charge on any atom is -1.00 e. The van der Waals surface area contributed by atoms with E-state index in [1.807, 2.05) is 54.6 Å². The quantitative estimate of drug-likeness (QED) is 0.104. The summed E-state index contributed by atoms with van der Waals surface area (Å²) in [4.78, 5) is 0. The first-order valence-electron chi connectivity index (χ1n) is 12.6. The van der Waals surface area contributed by atoms with Crippen LogP contribution in [0.2, 0.25) is 0 Å². The Morgan fingerprint density at radius 3 is 1.43 bits per heavy atom. The second-order valence-corrected chi connectivity index (χ2v) is 8.56. The van der Waals surface area contributed by atoms with E-state index in [4.69, 9.17) is 30.5 Å². The van der Waals surface area contributed by atoms with Gasteiger partial charge in [0.1, 0.15) is 17.2 Å². The van der Waals surface area contributed by atoms with Crippen molar-refractivity contribution in [2.45, 2.75) is 37.7 Å². The monoisotopic (exact) mass is 640 g/mol. The summed E-state index contributed by atoms with van der Waals surface area (Å²) in [5.41, 5.74) is 3.80. The normalized spacial score (nSPS) is 11.9. The molecule has 1 saturated heterocycles. The Bertz CT molecular complexity index is 985. The molecule has 4 nitrogen and oxygen atoms in total. The maximum absolute atomic E-state index is 5.58. The van der Waals surface area contributed by atoms with Crippen LogP contribution in [-0.2, 0) is 23.5 Å². The van der Waals surface area contributed by atoms with Crippen LogP contribution in [0.5, 0.6) is 17.2 Å². The second-order valence-electron chi connectivity index (χ2n) is 8.29. The molecule has 0 saturated carbocycles. The van der Waals surface area contributed by atoms with Crippen LogP contribution in [0.3, 0.4) is 0 Å². The Morgan fingerprint density at radius 1 is 0.775 bits per heavy atom. The SMILES string of the molecule is C=CCCc1ccc(OC)cc1.C=C[CH2-].COc1ccc(CCC2CO2)cc1.COc1ccc(CCl)cc1.[Br-].[Mg+2]. The van der Waals surface area contributed by atoms with Crippen molar-refractivity contribution in [2.75, 3.05) is 27.9 Å². The van der Waals surface area contributed by atoms with Crippen molar-refractivity contribution in [2.24, 2.45) is 0 Å². The first kappa shape index (κ1) is 40.0. The van der Waals surface area contributed by atoms with Gasteiger partial charge in [0.05, 0.1) is 34.0 Å². The van der Waals surface area contributed by atoms with Crippen molar-refractivity contribution in [3.05, 3.63) is 122 Å². The van der Waals surface area contributed by atoms with Gasteiger partial charge >= 0.3 is 23.1 Å². The Balaban J connectivity index is 0. The standard InChI is InChI=1S/C11H14O2.C11H14O.C8H9ClO.C3H5.BrH.Mg/c1-12-10-5-2-9(3-6-10)4-7-11-8-13-11;1-3-4-5-10-6-8-11(12-2)9-7-10;1-10-8-4-2-7(6-9)3-5-8;1-3-2;;/h2-3,5-6,11H,4,7-8H2,1H3;3,6-9H,1,4-5H2,2H3;2-5H,6H2,1H3;3H,1-2H2;1H;/q;;;-1;;+2/p-1. The molecule has 3 aromatic rings. The number of alkyl halides is 1. The van der Waals surface area contributed by atoms with Crippen LogP contribution < -0.4 is 31.2 Å². The number of hydrogen-bond donors (Lipinski definition) is 0. The van der Waals surface area contributed by atoms with Gasteiger partial charge in [0.25, 0.3) is 0 Å². The summed E-state index contributed by atoms with van der Waals surface area (Å²) in [6.07, 6.45) is 8.31. The predicted molar refractivity (Wildman–Crippen MR) is 166 cm³/mol. The Kier molecular flexibility index (Phi) is 25.9. The molecule has 1 heterocycles. The average molecular weight is 642 g/mol. The van der Waals surface area contributed by atoms with Crippen LogP contribution in [0.15, 0.2) is 98.1 Å². The van der Waals surface area contributed by atoms with E-state index in [1.54, 1.807) is 21.3 Å². The molecule has 1 atom stereocenters. The van der Waals surface area contributed by atoms with Crippen LogP contribution in [0.1, 0.15) is 29.5 Å². The molecular weight excluding hydrogens is 600 g/mol. The fourth-order valence-electron chi connectivity index (χ4n) is 3.13. The maximum Gasteiger partial charge on any atom is 2.00 e. The molecule has 0 N–H and O–H groups in total. The van der Waals surface area contributed by atoms with Gasteiger partial charge in [-0.2, -0.15) is 0 Å². The van der Waals surface area contributed by atoms with Gasteiger partial charge < -0.3 is 35.9 Å². The molecule has 0 bridgehead atoms. The third kappa shape index (κ3) is 19.1. The van der Waals surface area contributed by atoms with Crippen molar-refractivity contribution in [1.29, 1.82) is 0 Å². The molecule has 4 rings (SSSR count). The molecule has 1 unspecified atom stereocenters. The largest absolute Gasteiger partial charge is 2.00 e. The summed E-state index contributed by atoms with van der Waals surface area (Å²) in [6.45, 7) is 11.1. The topological polar surface area (TPSA) is 40.2 Å². The van der Waals surface area contributed by atoms with E-state index >= 15 is 0 Å². The smallest absolute Gasteiger partial charge is 1.00 e. The van der Waals surface area contributed by atoms with Gasteiger partial charge in [-0.05, 0) is 78.8 Å². The molecule has 40 heavy (non-hydrogen) atoms. The zero-order valence-corrected chi connectivity index (χ0v) is 27.9. The zero-order chi connectivity index (χ0) is 28.0. The summed E-state index contributed by atoms with van der Waals surface area (Å²) in [5.74, 6) is 3.27. The van der Waals surface area contributed by atoms with Crippen LogP contribution in [0, 0.1) is 6.92 Å². The first-order valence-corrected chi connectivity index (χ1v) is 13.1. The molecule has 0 spiro atoms. The summed E-state index contributed by atoms with van der Waals surface area (Å²) in [6, 6.07) is 24.1. The molecule has 1 aliphatic heterocycles. The molecule has 1 aliphatic rings. The van der Waals surface area contributed by atoms with Gasteiger partial charge in [0.15, 0.2) is 0 Å². The van der Waals surface area contributed by atoms with Gasteiger partial charge in [-0.25, -0.2) is 19.6 Å². The summed E-state index contributed by atoms with van der Waals surface area (Å²) >= 11 is 5.58. The van der Waals surface area contributed by atoms with Crippen molar-refractivity contribution in [3.8, 4) is 17.2 Å². The fourth-order valence-corrected chi connectivity index (χ4v) is 3.31. The fraction of sp³-hybridized carbons (Fsp3) is 0.303. The number of rotatable bonds is 10. The van der Waals surface area contributed by atoms with E-state index < -0.39 is 0 Å². The molecular formula is C33H42BrClMgO4. The number of methoxy groups -OCH3 is 3. The van der Waals surface area contributed by atoms with E-state index in [0.717, 1.165) is 55.1 Å². The zero-order valence-electron chi connectivity index (χ0n) is 24.1. The number of allylic oxidation sites excluding steroid dienone is 2. The Morgan fingerprint density at radius 2 is 1.12 bits per heavy atom. The van der Waals surface area contributed by atoms with Crippen LogP contribution in [0.4, 0.5) is 0 Å². The molecule has 0 amide bonds. The van der Waals surface area contributed by atoms with Gasteiger partial charge in [0.2, 0.25) is 0 Å². The summed E-state index contributed by atoms with van der Waals surface area (Å²) in [5, 5.41) is 0. The number of epoxide rings is 1. The maximum atomic E-state index is 5.58. The predicted octanol–water partition coefficient (Wildman–Crippen LogP) is 4.90. The molecule has 0 aromatic heterocycles. The number of halogens is 2. The number of hydrogen-bond acceptors (Lipinski definition) is 4. The van der Waals surface area contributed by atoms with E-state index in [2.05, 4.69) is 44.3 Å². The third-order valence-electron chi connectivity index (χ3n) is 5.43. The number of ether oxygens (including phenoxy) is 4. The Hall–Kier alpha value is -2.09. The van der Waals surface area contributed by atoms with E-state index in [9.17, 15) is 0 Å². The Labute approximate surface area is 273 Å².